The topological polar surface area (TPSA) is 91.9 Å². The molecule has 24 heavy (non-hydrogen) atoms. The summed E-state index contributed by atoms with van der Waals surface area (Å²) in [5.41, 5.74) is 2.41. The van der Waals surface area contributed by atoms with Gasteiger partial charge in [0.05, 0.1) is 16.7 Å². The largest absolute Gasteiger partial charge is 0.326 e. The lowest BCUT2D eigenvalue weighted by Gasteiger charge is -2.11. The Balaban J connectivity index is 1.58. The van der Waals surface area contributed by atoms with E-state index in [1.54, 1.807) is 12.3 Å². The molecule has 0 radical (unpaired) electrons. The van der Waals surface area contributed by atoms with Gasteiger partial charge < -0.3 is 5.32 Å². The van der Waals surface area contributed by atoms with E-state index in [1.165, 1.54) is 0 Å². The van der Waals surface area contributed by atoms with Crippen LogP contribution in [0.25, 0.3) is 11.3 Å². The lowest BCUT2D eigenvalue weighted by atomic mass is 10.1. The minimum atomic E-state index is -3.17. The molecule has 0 aliphatic heterocycles. The fourth-order valence-electron chi connectivity index (χ4n) is 3.05. The molecule has 1 aromatic heterocycles. The highest BCUT2D eigenvalue weighted by atomic mass is 32.2. The lowest BCUT2D eigenvalue weighted by molar-refractivity contribution is -0.115. The predicted molar refractivity (Wildman–Crippen MR) is 93.3 cm³/mol. The van der Waals surface area contributed by atoms with E-state index in [0.29, 0.717) is 5.69 Å². The first-order chi connectivity index (χ1) is 11.5. The number of rotatable bonds is 6. The van der Waals surface area contributed by atoms with Gasteiger partial charge in [0.15, 0.2) is 9.84 Å². The van der Waals surface area contributed by atoms with Gasteiger partial charge in [0, 0.05) is 23.9 Å². The van der Waals surface area contributed by atoms with Gasteiger partial charge in [-0.2, -0.15) is 5.10 Å². The van der Waals surface area contributed by atoms with Crippen molar-refractivity contribution in [3.8, 4) is 11.3 Å². The smallest absolute Gasteiger partial charge is 0.225 e. The van der Waals surface area contributed by atoms with Gasteiger partial charge in [-0.1, -0.05) is 25.0 Å². The van der Waals surface area contributed by atoms with Gasteiger partial charge in [-0.25, -0.2) is 8.42 Å². The van der Waals surface area contributed by atoms with Crippen LogP contribution in [0.2, 0.25) is 0 Å². The van der Waals surface area contributed by atoms with Crippen molar-refractivity contribution in [1.29, 1.82) is 0 Å². The normalized spacial score (nSPS) is 15.5. The molecule has 3 rings (SSSR count). The number of benzene rings is 1. The highest BCUT2D eigenvalue weighted by molar-refractivity contribution is 7.92. The number of hydrogen-bond donors (Lipinski definition) is 2. The summed E-state index contributed by atoms with van der Waals surface area (Å²) >= 11 is 0. The highest BCUT2D eigenvalue weighted by Crippen LogP contribution is 2.25. The van der Waals surface area contributed by atoms with Crippen LogP contribution in [-0.4, -0.2) is 35.5 Å². The average molecular weight is 347 g/mol. The summed E-state index contributed by atoms with van der Waals surface area (Å²) in [7, 11) is -3.17. The maximum absolute atomic E-state index is 12.2. The second kappa shape index (κ2) is 7.17. The highest BCUT2D eigenvalue weighted by Gasteiger charge is 2.28. The number of carbonyl (C=O) groups excluding carboxylic acids is 1. The van der Waals surface area contributed by atoms with Gasteiger partial charge in [0.25, 0.3) is 0 Å². The van der Waals surface area contributed by atoms with E-state index >= 15 is 0 Å². The molecule has 0 unspecified atom stereocenters. The zero-order valence-corrected chi connectivity index (χ0v) is 14.2. The monoisotopic (exact) mass is 347 g/mol. The Hall–Kier alpha value is -2.15. The van der Waals surface area contributed by atoms with Crippen LogP contribution < -0.4 is 5.32 Å². The summed E-state index contributed by atoms with van der Waals surface area (Å²) in [6, 6.07) is 9.20. The maximum Gasteiger partial charge on any atom is 0.225 e. The molecular weight excluding hydrogens is 326 g/mol. The number of anilines is 1. The SMILES string of the molecule is O=C(CCS(=O)(=O)C1CCCC1)Nc1cccc(-c2ccn[nH]2)c1. The number of nitrogens with zero attached hydrogens (tertiary/aromatic N) is 1. The van der Waals surface area contributed by atoms with Crippen molar-refractivity contribution in [1.82, 2.24) is 10.2 Å². The molecule has 2 aromatic rings. The van der Waals surface area contributed by atoms with Gasteiger partial charge >= 0.3 is 0 Å². The Bertz CT molecular complexity index is 794. The lowest BCUT2D eigenvalue weighted by Crippen LogP contribution is -2.24. The van der Waals surface area contributed by atoms with Crippen LogP contribution in [-0.2, 0) is 14.6 Å². The molecule has 2 N–H and O–H groups in total. The van der Waals surface area contributed by atoms with Gasteiger partial charge in [-0.3, -0.25) is 9.89 Å². The van der Waals surface area contributed by atoms with E-state index in [-0.39, 0.29) is 23.3 Å². The fourth-order valence-corrected chi connectivity index (χ4v) is 4.91. The minimum Gasteiger partial charge on any atom is -0.326 e. The van der Waals surface area contributed by atoms with Crippen molar-refractivity contribution in [2.75, 3.05) is 11.1 Å². The van der Waals surface area contributed by atoms with Crippen molar-refractivity contribution >= 4 is 21.4 Å². The first-order valence-corrected chi connectivity index (χ1v) is 9.87. The summed E-state index contributed by atoms with van der Waals surface area (Å²) in [5.74, 6) is -0.359. The van der Waals surface area contributed by atoms with Crippen molar-refractivity contribution in [2.45, 2.75) is 37.4 Å². The Morgan fingerprint density at radius 1 is 1.25 bits per heavy atom. The van der Waals surface area contributed by atoms with E-state index in [1.807, 2.05) is 24.3 Å². The third-order valence-electron chi connectivity index (χ3n) is 4.38. The molecular formula is C17H21N3O3S. The van der Waals surface area contributed by atoms with Gasteiger partial charge in [-0.05, 0) is 31.0 Å². The first-order valence-electron chi connectivity index (χ1n) is 8.16. The van der Waals surface area contributed by atoms with E-state index in [4.69, 9.17) is 0 Å². The molecule has 7 heteroatoms. The van der Waals surface area contributed by atoms with Crippen molar-refractivity contribution < 1.29 is 13.2 Å². The number of aromatic amines is 1. The summed E-state index contributed by atoms with van der Waals surface area (Å²) in [5, 5.41) is 9.29. The van der Waals surface area contributed by atoms with E-state index in [9.17, 15) is 13.2 Å². The number of aromatic nitrogens is 2. The summed E-state index contributed by atoms with van der Waals surface area (Å²) in [6.45, 7) is 0. The predicted octanol–water partition coefficient (Wildman–Crippen LogP) is 2.76. The van der Waals surface area contributed by atoms with Crippen molar-refractivity contribution in [3.05, 3.63) is 36.5 Å². The molecule has 1 heterocycles. The second-order valence-corrected chi connectivity index (χ2v) is 8.52. The number of carbonyl (C=O) groups is 1. The Morgan fingerprint density at radius 2 is 2.04 bits per heavy atom. The molecule has 1 aliphatic rings. The van der Waals surface area contributed by atoms with Crippen LogP contribution in [0.4, 0.5) is 5.69 Å². The Kier molecular flexibility index (Phi) is 4.99. The van der Waals surface area contributed by atoms with Crippen molar-refractivity contribution in [3.63, 3.8) is 0 Å². The van der Waals surface area contributed by atoms with E-state index in [2.05, 4.69) is 15.5 Å². The van der Waals surface area contributed by atoms with Gasteiger partial charge in [-0.15, -0.1) is 0 Å². The van der Waals surface area contributed by atoms with Gasteiger partial charge in [0.2, 0.25) is 5.91 Å². The molecule has 0 atom stereocenters. The molecule has 0 saturated heterocycles. The Morgan fingerprint density at radius 3 is 2.75 bits per heavy atom. The fraction of sp³-hybridized carbons (Fsp3) is 0.412. The third-order valence-corrected chi connectivity index (χ3v) is 6.64. The Labute approximate surface area is 141 Å². The molecule has 1 amide bonds. The first kappa shape index (κ1) is 16.7. The molecule has 0 spiro atoms. The molecule has 6 nitrogen and oxygen atoms in total. The van der Waals surface area contributed by atoms with Crippen LogP contribution in [0.3, 0.4) is 0 Å². The van der Waals surface area contributed by atoms with E-state index in [0.717, 1.165) is 36.9 Å². The molecule has 1 fully saturated rings. The summed E-state index contributed by atoms with van der Waals surface area (Å²) in [4.78, 5) is 12.1. The number of hydrogen-bond acceptors (Lipinski definition) is 4. The van der Waals surface area contributed by atoms with Gasteiger partial charge in [0.1, 0.15) is 0 Å². The third kappa shape index (κ3) is 4.03. The number of sulfone groups is 1. The van der Waals surface area contributed by atoms with Crippen LogP contribution in [0.1, 0.15) is 32.1 Å². The standard InChI is InChI=1S/C17H21N3O3S/c21-17(9-11-24(22,23)15-6-1-2-7-15)19-14-5-3-4-13(12-14)16-8-10-18-20-16/h3-5,8,10,12,15H,1-2,6-7,9,11H2,(H,18,20)(H,19,21). The zero-order valence-electron chi connectivity index (χ0n) is 13.4. The maximum atomic E-state index is 12.2. The van der Waals surface area contributed by atoms with Crippen LogP contribution in [0.15, 0.2) is 36.5 Å². The van der Waals surface area contributed by atoms with Crippen LogP contribution >= 0.6 is 0 Å². The molecule has 1 aromatic carbocycles. The van der Waals surface area contributed by atoms with Crippen molar-refractivity contribution in [2.24, 2.45) is 0 Å². The molecule has 1 saturated carbocycles. The molecule has 0 bridgehead atoms. The van der Waals surface area contributed by atoms with Crippen LogP contribution in [0.5, 0.6) is 0 Å². The minimum absolute atomic E-state index is 0.00683. The summed E-state index contributed by atoms with van der Waals surface area (Å²) < 4.78 is 24.4. The number of amides is 1. The van der Waals surface area contributed by atoms with E-state index < -0.39 is 9.84 Å². The quantitative estimate of drug-likeness (QED) is 0.840. The zero-order chi connectivity index (χ0) is 17.0. The molecule has 128 valence electrons. The molecule has 1 aliphatic carbocycles. The second-order valence-electron chi connectivity index (χ2n) is 6.12. The average Bonchev–Trinajstić information content (AvgIpc) is 3.26. The summed E-state index contributed by atoms with van der Waals surface area (Å²) in [6.07, 6.45) is 5.06. The number of nitrogens with one attached hydrogen (secondary N) is 2. The number of H-pyrrole nitrogens is 1. The van der Waals surface area contributed by atoms with Crippen LogP contribution in [0, 0.1) is 0 Å².